The molecule has 0 radical (unpaired) electrons. The average molecular weight is 327 g/mol. The lowest BCUT2D eigenvalue weighted by molar-refractivity contribution is -0.118. The lowest BCUT2D eigenvalue weighted by Gasteiger charge is -2.38. The fourth-order valence-corrected chi connectivity index (χ4v) is 3.10. The summed E-state index contributed by atoms with van der Waals surface area (Å²) in [4.78, 5) is 14.2. The van der Waals surface area contributed by atoms with Gasteiger partial charge in [0.2, 0.25) is 5.91 Å². The second kappa shape index (κ2) is 7.31. The fraction of sp³-hybridized carbons (Fsp3) is 0.562. The number of carbonyl (C=O) groups excluding carboxylic acids is 1. The fourth-order valence-electron chi connectivity index (χ4n) is 2.84. The van der Waals surface area contributed by atoms with Gasteiger partial charge < -0.3 is 15.2 Å². The maximum atomic E-state index is 12.2. The molecule has 1 saturated heterocycles. The molecule has 1 aliphatic heterocycles. The number of rotatable bonds is 5. The topological polar surface area (TPSA) is 61.8 Å². The highest BCUT2D eigenvalue weighted by Gasteiger charge is 2.30. The van der Waals surface area contributed by atoms with Crippen LogP contribution in [0.2, 0.25) is 5.02 Å². The Labute approximate surface area is 136 Å². The van der Waals surface area contributed by atoms with Gasteiger partial charge in [0, 0.05) is 24.3 Å². The number of piperidine rings is 1. The van der Waals surface area contributed by atoms with Gasteiger partial charge in [-0.2, -0.15) is 0 Å². The Morgan fingerprint density at radius 3 is 2.95 bits per heavy atom. The number of ether oxygens (including phenoxy) is 1. The number of methoxy groups -OCH3 is 1. The SMILES string of the molecule is COc1ccc(NC(=O)CN2CCCC(C)(CO)C2)cc1Cl. The molecule has 1 heterocycles. The van der Waals surface area contributed by atoms with Crippen LogP contribution in [0, 0.1) is 5.41 Å². The van der Waals surface area contributed by atoms with Gasteiger partial charge in [-0.15, -0.1) is 0 Å². The number of anilines is 1. The number of likely N-dealkylation sites (tertiary alicyclic amines) is 1. The molecule has 0 bridgehead atoms. The molecule has 0 spiro atoms. The summed E-state index contributed by atoms with van der Waals surface area (Å²) < 4.78 is 5.09. The van der Waals surface area contributed by atoms with Gasteiger partial charge in [-0.25, -0.2) is 0 Å². The molecule has 0 aromatic heterocycles. The van der Waals surface area contributed by atoms with E-state index in [1.807, 2.05) is 0 Å². The highest BCUT2D eigenvalue weighted by Crippen LogP contribution is 2.29. The number of aliphatic hydroxyl groups is 1. The molecule has 122 valence electrons. The lowest BCUT2D eigenvalue weighted by Crippen LogP contribution is -2.46. The van der Waals surface area contributed by atoms with Crippen molar-refractivity contribution in [2.45, 2.75) is 19.8 Å². The van der Waals surface area contributed by atoms with E-state index in [4.69, 9.17) is 16.3 Å². The highest BCUT2D eigenvalue weighted by atomic mass is 35.5. The van der Waals surface area contributed by atoms with E-state index < -0.39 is 0 Å². The van der Waals surface area contributed by atoms with Crippen LogP contribution in [0.25, 0.3) is 0 Å². The number of amides is 1. The summed E-state index contributed by atoms with van der Waals surface area (Å²) in [7, 11) is 1.55. The number of benzene rings is 1. The van der Waals surface area contributed by atoms with Crippen molar-refractivity contribution in [2.24, 2.45) is 5.41 Å². The largest absolute Gasteiger partial charge is 0.495 e. The molecule has 1 amide bonds. The Bertz CT molecular complexity index is 538. The molecule has 1 fully saturated rings. The zero-order valence-electron chi connectivity index (χ0n) is 13.1. The Balaban J connectivity index is 1.91. The van der Waals surface area contributed by atoms with Gasteiger partial charge in [0.05, 0.1) is 18.7 Å². The summed E-state index contributed by atoms with van der Waals surface area (Å²) in [6.07, 6.45) is 1.99. The van der Waals surface area contributed by atoms with Crippen LogP contribution in [0.3, 0.4) is 0 Å². The van der Waals surface area contributed by atoms with Gasteiger partial charge in [0.1, 0.15) is 5.75 Å². The number of nitrogens with zero attached hydrogens (tertiary/aromatic N) is 1. The molecular formula is C16H23ClN2O3. The van der Waals surface area contributed by atoms with E-state index in [0.29, 0.717) is 23.0 Å². The van der Waals surface area contributed by atoms with Gasteiger partial charge in [0.25, 0.3) is 0 Å². The number of halogens is 1. The molecule has 1 aromatic rings. The molecule has 2 N–H and O–H groups in total. The van der Waals surface area contributed by atoms with Crippen LogP contribution >= 0.6 is 11.6 Å². The van der Waals surface area contributed by atoms with Crippen molar-refractivity contribution in [1.82, 2.24) is 4.90 Å². The van der Waals surface area contributed by atoms with Crippen molar-refractivity contribution in [1.29, 1.82) is 0 Å². The maximum Gasteiger partial charge on any atom is 0.238 e. The van der Waals surface area contributed by atoms with Crippen LogP contribution in [0.15, 0.2) is 18.2 Å². The monoisotopic (exact) mass is 326 g/mol. The number of nitrogens with one attached hydrogen (secondary N) is 1. The number of carbonyl (C=O) groups is 1. The number of aliphatic hydroxyl groups excluding tert-OH is 1. The molecule has 22 heavy (non-hydrogen) atoms. The van der Waals surface area contributed by atoms with Crippen LogP contribution in [0.4, 0.5) is 5.69 Å². The first-order valence-electron chi connectivity index (χ1n) is 7.42. The van der Waals surface area contributed by atoms with E-state index in [1.54, 1.807) is 25.3 Å². The minimum absolute atomic E-state index is 0.0802. The zero-order chi connectivity index (χ0) is 16.2. The zero-order valence-corrected chi connectivity index (χ0v) is 13.8. The minimum atomic E-state index is -0.109. The van der Waals surface area contributed by atoms with E-state index in [9.17, 15) is 9.90 Å². The predicted molar refractivity (Wildman–Crippen MR) is 87.5 cm³/mol. The van der Waals surface area contributed by atoms with E-state index >= 15 is 0 Å². The smallest absolute Gasteiger partial charge is 0.238 e. The Kier molecular flexibility index (Phi) is 5.67. The quantitative estimate of drug-likeness (QED) is 0.872. The van der Waals surface area contributed by atoms with E-state index in [1.165, 1.54) is 0 Å². The van der Waals surface area contributed by atoms with Crippen LogP contribution in [-0.2, 0) is 4.79 Å². The molecule has 2 rings (SSSR count). The van der Waals surface area contributed by atoms with Crippen molar-refractivity contribution in [2.75, 3.05) is 38.7 Å². The molecule has 0 aliphatic carbocycles. The van der Waals surface area contributed by atoms with Gasteiger partial charge in [0.15, 0.2) is 0 Å². The van der Waals surface area contributed by atoms with E-state index in [2.05, 4.69) is 17.1 Å². The first-order chi connectivity index (χ1) is 10.5. The number of hydrogen-bond donors (Lipinski definition) is 2. The Morgan fingerprint density at radius 1 is 1.55 bits per heavy atom. The Morgan fingerprint density at radius 2 is 2.32 bits per heavy atom. The van der Waals surface area contributed by atoms with Crippen molar-refractivity contribution < 1.29 is 14.6 Å². The molecule has 5 nitrogen and oxygen atoms in total. The maximum absolute atomic E-state index is 12.2. The van der Waals surface area contributed by atoms with Crippen LogP contribution < -0.4 is 10.1 Å². The first kappa shape index (κ1) is 17.1. The van der Waals surface area contributed by atoms with Crippen LogP contribution in [0.1, 0.15) is 19.8 Å². The average Bonchev–Trinajstić information content (AvgIpc) is 2.47. The van der Waals surface area contributed by atoms with Gasteiger partial charge >= 0.3 is 0 Å². The summed E-state index contributed by atoms with van der Waals surface area (Å²) in [6.45, 7) is 4.14. The molecule has 0 saturated carbocycles. The lowest BCUT2D eigenvalue weighted by atomic mass is 9.83. The molecule has 1 unspecified atom stereocenters. The third kappa shape index (κ3) is 4.35. The summed E-state index contributed by atoms with van der Waals surface area (Å²) in [5.41, 5.74) is 0.541. The van der Waals surface area contributed by atoms with Crippen molar-refractivity contribution >= 4 is 23.2 Å². The van der Waals surface area contributed by atoms with E-state index in [0.717, 1.165) is 25.9 Å². The third-order valence-corrected chi connectivity index (χ3v) is 4.34. The van der Waals surface area contributed by atoms with Crippen molar-refractivity contribution in [3.63, 3.8) is 0 Å². The summed E-state index contributed by atoms with van der Waals surface area (Å²) in [6, 6.07) is 5.16. The summed E-state index contributed by atoms with van der Waals surface area (Å²) >= 11 is 6.05. The summed E-state index contributed by atoms with van der Waals surface area (Å²) in [5, 5.41) is 12.8. The minimum Gasteiger partial charge on any atom is -0.495 e. The standard InChI is InChI=1S/C16H23ClN2O3/c1-16(11-20)6-3-7-19(10-16)9-15(21)18-12-4-5-14(22-2)13(17)8-12/h4-5,8,20H,3,6-7,9-11H2,1-2H3,(H,18,21). The molecule has 1 atom stereocenters. The van der Waals surface area contributed by atoms with Gasteiger partial charge in [-0.1, -0.05) is 18.5 Å². The second-order valence-corrected chi connectivity index (χ2v) is 6.59. The molecule has 1 aliphatic rings. The second-order valence-electron chi connectivity index (χ2n) is 6.18. The molecular weight excluding hydrogens is 304 g/mol. The summed E-state index contributed by atoms with van der Waals surface area (Å²) in [5.74, 6) is 0.498. The van der Waals surface area contributed by atoms with Gasteiger partial charge in [-0.05, 0) is 37.6 Å². The first-order valence-corrected chi connectivity index (χ1v) is 7.80. The van der Waals surface area contributed by atoms with E-state index in [-0.39, 0.29) is 17.9 Å². The van der Waals surface area contributed by atoms with Gasteiger partial charge in [-0.3, -0.25) is 9.69 Å². The normalized spacial score (nSPS) is 22.4. The van der Waals surface area contributed by atoms with Crippen LogP contribution in [-0.4, -0.2) is 49.3 Å². The predicted octanol–water partition coefficient (Wildman–Crippen LogP) is 2.38. The van der Waals surface area contributed by atoms with Crippen molar-refractivity contribution in [3.05, 3.63) is 23.2 Å². The molecule has 1 aromatic carbocycles. The third-order valence-electron chi connectivity index (χ3n) is 4.04. The number of hydrogen-bond acceptors (Lipinski definition) is 4. The van der Waals surface area contributed by atoms with Crippen LogP contribution in [0.5, 0.6) is 5.75 Å². The Hall–Kier alpha value is -1.30. The molecule has 6 heteroatoms. The van der Waals surface area contributed by atoms with Crippen molar-refractivity contribution in [3.8, 4) is 5.75 Å². The highest BCUT2D eigenvalue weighted by molar-refractivity contribution is 6.32.